The van der Waals surface area contributed by atoms with E-state index >= 15 is 0 Å². The van der Waals surface area contributed by atoms with E-state index in [1.807, 2.05) is 25.2 Å². The lowest BCUT2D eigenvalue weighted by atomic mass is 10.1. The molecule has 0 unspecified atom stereocenters. The highest BCUT2D eigenvalue weighted by Crippen LogP contribution is 1.96. The van der Waals surface area contributed by atoms with Gasteiger partial charge in [-0.3, -0.25) is 0 Å². The third kappa shape index (κ3) is 27.0. The number of allylic oxidation sites excluding steroid dienone is 4. The van der Waals surface area contributed by atoms with Gasteiger partial charge in [0.15, 0.2) is 0 Å². The van der Waals surface area contributed by atoms with Crippen molar-refractivity contribution in [3.8, 4) is 0 Å². The van der Waals surface area contributed by atoms with Gasteiger partial charge in [-0.25, -0.2) is 0 Å². The average Bonchev–Trinajstić information content (AvgIpc) is 1.90. The number of rotatable bonds is 3. The Morgan fingerprint density at radius 2 is 1.82 bits per heavy atom. The van der Waals surface area contributed by atoms with E-state index in [-0.39, 0.29) is 0 Å². The maximum absolute atomic E-state index is 3.60. The Balaban J connectivity index is 0. The van der Waals surface area contributed by atoms with Gasteiger partial charge in [-0.2, -0.15) is 0 Å². The van der Waals surface area contributed by atoms with Crippen LogP contribution >= 0.6 is 0 Å². The predicted octanol–water partition coefficient (Wildman–Crippen LogP) is 3.97. The summed E-state index contributed by atoms with van der Waals surface area (Å²) in [6.07, 6.45) is 8.66. The van der Waals surface area contributed by atoms with E-state index in [1.54, 1.807) is 6.08 Å². The highest BCUT2D eigenvalue weighted by atomic mass is 13.9. The molecule has 0 aromatic rings. The summed E-state index contributed by atoms with van der Waals surface area (Å²) in [4.78, 5) is 0. The van der Waals surface area contributed by atoms with Crippen LogP contribution in [-0.2, 0) is 0 Å². The second-order valence-corrected chi connectivity index (χ2v) is 2.68. The first-order valence-electron chi connectivity index (χ1n) is 4.03. The number of hydrogen-bond donors (Lipinski definition) is 0. The van der Waals surface area contributed by atoms with Crippen molar-refractivity contribution in [3.05, 3.63) is 37.5 Å². The summed E-state index contributed by atoms with van der Waals surface area (Å²) in [5.41, 5.74) is 0. The van der Waals surface area contributed by atoms with E-state index in [0.29, 0.717) is 0 Å². The molecule has 0 aliphatic heterocycles. The van der Waals surface area contributed by atoms with Gasteiger partial charge in [0.05, 0.1) is 0 Å². The van der Waals surface area contributed by atoms with Gasteiger partial charge in [0.2, 0.25) is 0 Å². The van der Waals surface area contributed by atoms with Crippen LogP contribution in [0.5, 0.6) is 0 Å². The van der Waals surface area contributed by atoms with E-state index in [2.05, 4.69) is 27.0 Å². The smallest absolute Gasteiger partial charge is 0.0330 e. The molecule has 0 fully saturated rings. The summed E-state index contributed by atoms with van der Waals surface area (Å²) in [5.74, 6) is 0.780. The maximum Gasteiger partial charge on any atom is -0.0330 e. The van der Waals surface area contributed by atoms with Crippen LogP contribution in [0.2, 0.25) is 0 Å². The van der Waals surface area contributed by atoms with Crippen molar-refractivity contribution < 1.29 is 0 Å². The van der Waals surface area contributed by atoms with Gasteiger partial charge in [0.25, 0.3) is 0 Å². The Morgan fingerprint density at radius 1 is 1.27 bits per heavy atom. The fourth-order valence-corrected chi connectivity index (χ4v) is 0.469. The molecule has 0 rings (SSSR count). The third-order valence-electron chi connectivity index (χ3n) is 0.967. The highest BCUT2D eigenvalue weighted by molar-refractivity contribution is 4.94. The van der Waals surface area contributed by atoms with E-state index in [4.69, 9.17) is 0 Å². The van der Waals surface area contributed by atoms with Gasteiger partial charge >= 0.3 is 0 Å². The molecule has 0 aromatic carbocycles. The average molecular weight is 152 g/mol. The van der Waals surface area contributed by atoms with Crippen LogP contribution in [-0.4, -0.2) is 0 Å². The zero-order valence-corrected chi connectivity index (χ0v) is 8.01. The SMILES string of the molecule is C=C/C=C/C.C=CCC(C)C. The molecule has 0 saturated heterocycles. The molecule has 0 atom stereocenters. The Morgan fingerprint density at radius 3 is 1.82 bits per heavy atom. The predicted molar refractivity (Wildman–Crippen MR) is 54.7 cm³/mol. The largest absolute Gasteiger partial charge is 0.103 e. The van der Waals surface area contributed by atoms with Crippen molar-refractivity contribution in [2.75, 3.05) is 0 Å². The van der Waals surface area contributed by atoms with Crippen molar-refractivity contribution in [1.82, 2.24) is 0 Å². The molecule has 0 saturated carbocycles. The Hall–Kier alpha value is -0.780. The molecule has 0 heterocycles. The molecule has 0 aromatic heterocycles. The topological polar surface area (TPSA) is 0 Å². The fourth-order valence-electron chi connectivity index (χ4n) is 0.469. The molecule has 0 radical (unpaired) electrons. The Bertz CT molecular complexity index is 107. The van der Waals surface area contributed by atoms with Crippen LogP contribution in [0.4, 0.5) is 0 Å². The van der Waals surface area contributed by atoms with Crippen molar-refractivity contribution in [3.63, 3.8) is 0 Å². The molecule has 0 aliphatic rings. The lowest BCUT2D eigenvalue weighted by Crippen LogP contribution is -1.78. The van der Waals surface area contributed by atoms with Crippen molar-refractivity contribution in [1.29, 1.82) is 0 Å². The van der Waals surface area contributed by atoms with Gasteiger partial charge in [-0.15, -0.1) is 6.58 Å². The zero-order chi connectivity index (χ0) is 9.11. The van der Waals surface area contributed by atoms with Crippen LogP contribution in [0.15, 0.2) is 37.5 Å². The molecular formula is C11H20. The zero-order valence-electron chi connectivity index (χ0n) is 8.01. The maximum atomic E-state index is 3.60. The van der Waals surface area contributed by atoms with E-state index in [0.717, 1.165) is 12.3 Å². The summed E-state index contributed by atoms with van der Waals surface area (Å²) >= 11 is 0. The minimum Gasteiger partial charge on any atom is -0.103 e. The summed E-state index contributed by atoms with van der Waals surface area (Å²) in [6.45, 7) is 13.4. The molecule has 0 nitrogen and oxygen atoms in total. The summed E-state index contributed by atoms with van der Waals surface area (Å²) < 4.78 is 0. The standard InChI is InChI=1S/C6H12.C5H8/c1-4-5-6(2)3;1-3-5-4-2/h4,6H,1,5H2,2-3H3;3-5H,1H2,2H3/b;5-4+. The van der Waals surface area contributed by atoms with Gasteiger partial charge in [0, 0.05) is 0 Å². The van der Waals surface area contributed by atoms with Crippen LogP contribution in [0, 0.1) is 5.92 Å². The van der Waals surface area contributed by atoms with Crippen LogP contribution < -0.4 is 0 Å². The molecule has 0 heteroatoms. The normalized spacial score (nSPS) is 9.09. The van der Waals surface area contributed by atoms with Gasteiger partial charge < -0.3 is 0 Å². The molecule has 0 aliphatic carbocycles. The Labute approximate surface area is 71.3 Å². The fraction of sp³-hybridized carbons (Fsp3) is 0.455. The van der Waals surface area contributed by atoms with Crippen molar-refractivity contribution >= 4 is 0 Å². The first-order valence-corrected chi connectivity index (χ1v) is 4.03. The molecule has 0 bridgehead atoms. The molecule has 64 valence electrons. The van der Waals surface area contributed by atoms with Gasteiger partial charge in [-0.05, 0) is 19.3 Å². The molecule has 11 heavy (non-hydrogen) atoms. The van der Waals surface area contributed by atoms with Crippen LogP contribution in [0.25, 0.3) is 0 Å². The first-order chi connectivity index (χ1) is 5.18. The second kappa shape index (κ2) is 12.0. The third-order valence-corrected chi connectivity index (χ3v) is 0.967. The molecule has 0 amide bonds. The van der Waals surface area contributed by atoms with E-state index in [1.165, 1.54) is 0 Å². The highest BCUT2D eigenvalue weighted by Gasteiger charge is 1.82. The minimum absolute atomic E-state index is 0.780. The van der Waals surface area contributed by atoms with Crippen molar-refractivity contribution in [2.24, 2.45) is 5.92 Å². The summed E-state index contributed by atoms with van der Waals surface area (Å²) in [7, 11) is 0. The lowest BCUT2D eigenvalue weighted by molar-refractivity contribution is 0.664. The second-order valence-electron chi connectivity index (χ2n) is 2.68. The Kier molecular flexibility index (Phi) is 14.0. The monoisotopic (exact) mass is 152 g/mol. The molecular weight excluding hydrogens is 132 g/mol. The van der Waals surface area contributed by atoms with Crippen LogP contribution in [0.1, 0.15) is 27.2 Å². The van der Waals surface area contributed by atoms with Gasteiger partial charge in [0.1, 0.15) is 0 Å². The van der Waals surface area contributed by atoms with Crippen LogP contribution in [0.3, 0.4) is 0 Å². The summed E-state index contributed by atoms with van der Waals surface area (Å²) in [6, 6.07) is 0. The van der Waals surface area contributed by atoms with E-state index in [9.17, 15) is 0 Å². The lowest BCUT2D eigenvalue weighted by Gasteiger charge is -1.92. The summed E-state index contributed by atoms with van der Waals surface area (Å²) in [5, 5.41) is 0. The van der Waals surface area contributed by atoms with E-state index < -0.39 is 0 Å². The quantitative estimate of drug-likeness (QED) is 0.424. The first kappa shape index (κ1) is 12.9. The minimum atomic E-state index is 0.780. The molecule has 0 N–H and O–H groups in total. The molecule has 0 spiro atoms. The number of hydrogen-bond acceptors (Lipinski definition) is 0. The van der Waals surface area contributed by atoms with Gasteiger partial charge in [-0.1, -0.05) is 44.7 Å². The van der Waals surface area contributed by atoms with Crippen molar-refractivity contribution in [2.45, 2.75) is 27.2 Å².